The SMILES string of the molecule is CCCCOC(=O)CCn1cnc2c(NCc3ccccc3)ncnc21. The van der Waals surface area contributed by atoms with Crippen LogP contribution in [0.5, 0.6) is 0 Å². The molecule has 2 aromatic heterocycles. The number of rotatable bonds is 9. The van der Waals surface area contributed by atoms with Gasteiger partial charge in [0.2, 0.25) is 0 Å². The van der Waals surface area contributed by atoms with Gasteiger partial charge in [-0.2, -0.15) is 0 Å². The van der Waals surface area contributed by atoms with E-state index in [0.29, 0.717) is 43.1 Å². The van der Waals surface area contributed by atoms with Gasteiger partial charge in [0.15, 0.2) is 11.5 Å². The van der Waals surface area contributed by atoms with Crippen molar-refractivity contribution in [3.63, 3.8) is 0 Å². The van der Waals surface area contributed by atoms with Crippen molar-refractivity contribution in [2.24, 2.45) is 0 Å². The number of aryl methyl sites for hydroxylation is 1. The first-order valence-corrected chi connectivity index (χ1v) is 8.87. The molecule has 3 aromatic rings. The molecule has 0 aliphatic rings. The van der Waals surface area contributed by atoms with E-state index in [4.69, 9.17) is 4.74 Å². The minimum Gasteiger partial charge on any atom is -0.466 e. The van der Waals surface area contributed by atoms with Crippen molar-refractivity contribution in [1.29, 1.82) is 0 Å². The molecule has 0 spiro atoms. The van der Waals surface area contributed by atoms with Gasteiger partial charge in [-0.25, -0.2) is 15.0 Å². The molecule has 0 bridgehead atoms. The number of imidazole rings is 1. The monoisotopic (exact) mass is 353 g/mol. The molecule has 0 saturated carbocycles. The van der Waals surface area contributed by atoms with Gasteiger partial charge < -0.3 is 14.6 Å². The number of carbonyl (C=O) groups excluding carboxylic acids is 1. The Balaban J connectivity index is 1.63. The zero-order chi connectivity index (χ0) is 18.2. The zero-order valence-corrected chi connectivity index (χ0v) is 14.9. The van der Waals surface area contributed by atoms with E-state index in [1.54, 1.807) is 6.33 Å². The fraction of sp³-hybridized carbons (Fsp3) is 0.368. The van der Waals surface area contributed by atoms with Crippen LogP contribution in [-0.4, -0.2) is 32.1 Å². The molecule has 1 aromatic carbocycles. The van der Waals surface area contributed by atoms with Crippen LogP contribution in [0.25, 0.3) is 11.2 Å². The van der Waals surface area contributed by atoms with Gasteiger partial charge in [0.1, 0.15) is 11.8 Å². The van der Waals surface area contributed by atoms with Crippen molar-refractivity contribution < 1.29 is 9.53 Å². The number of hydrogen-bond acceptors (Lipinski definition) is 6. The summed E-state index contributed by atoms with van der Waals surface area (Å²) in [6.07, 6.45) is 5.39. The van der Waals surface area contributed by atoms with Gasteiger partial charge in [-0.3, -0.25) is 4.79 Å². The van der Waals surface area contributed by atoms with Crippen LogP contribution in [0.3, 0.4) is 0 Å². The topological polar surface area (TPSA) is 81.9 Å². The number of aromatic nitrogens is 4. The summed E-state index contributed by atoms with van der Waals surface area (Å²) in [6.45, 7) is 3.69. The van der Waals surface area contributed by atoms with Gasteiger partial charge in [-0.1, -0.05) is 43.7 Å². The predicted molar refractivity (Wildman–Crippen MR) is 99.6 cm³/mol. The summed E-state index contributed by atoms with van der Waals surface area (Å²) in [5.74, 6) is 0.486. The lowest BCUT2D eigenvalue weighted by Gasteiger charge is -2.07. The Morgan fingerprint density at radius 3 is 2.85 bits per heavy atom. The number of nitrogens with zero attached hydrogens (tertiary/aromatic N) is 4. The molecule has 7 nitrogen and oxygen atoms in total. The highest BCUT2D eigenvalue weighted by Gasteiger charge is 2.11. The minimum absolute atomic E-state index is 0.197. The summed E-state index contributed by atoms with van der Waals surface area (Å²) in [5, 5.41) is 3.30. The molecule has 0 saturated heterocycles. The maximum absolute atomic E-state index is 11.8. The Bertz CT molecular complexity index is 848. The lowest BCUT2D eigenvalue weighted by molar-refractivity contribution is -0.144. The van der Waals surface area contributed by atoms with Crippen molar-refractivity contribution in [2.45, 2.75) is 39.3 Å². The fourth-order valence-electron chi connectivity index (χ4n) is 2.57. The van der Waals surface area contributed by atoms with Crippen LogP contribution < -0.4 is 5.32 Å². The summed E-state index contributed by atoms with van der Waals surface area (Å²) in [5.41, 5.74) is 2.56. The number of unbranched alkanes of at least 4 members (excludes halogenated alkanes) is 1. The number of ether oxygens (including phenoxy) is 1. The van der Waals surface area contributed by atoms with E-state index >= 15 is 0 Å². The molecule has 0 unspecified atom stereocenters. The summed E-state index contributed by atoms with van der Waals surface area (Å²) in [4.78, 5) is 24.8. The van der Waals surface area contributed by atoms with Crippen LogP contribution >= 0.6 is 0 Å². The van der Waals surface area contributed by atoms with E-state index in [1.165, 1.54) is 6.33 Å². The lowest BCUT2D eigenvalue weighted by atomic mass is 10.2. The molecule has 0 aliphatic heterocycles. The average molecular weight is 353 g/mol. The summed E-state index contributed by atoms with van der Waals surface area (Å²) in [7, 11) is 0. The number of nitrogens with one attached hydrogen (secondary N) is 1. The first-order chi connectivity index (χ1) is 12.8. The summed E-state index contributed by atoms with van der Waals surface area (Å²) >= 11 is 0. The van der Waals surface area contributed by atoms with Crippen molar-refractivity contribution in [3.8, 4) is 0 Å². The molecule has 2 heterocycles. The first-order valence-electron chi connectivity index (χ1n) is 8.87. The van der Waals surface area contributed by atoms with Crippen LogP contribution in [0.1, 0.15) is 31.7 Å². The Morgan fingerprint density at radius 1 is 1.19 bits per heavy atom. The minimum atomic E-state index is -0.197. The highest BCUT2D eigenvalue weighted by atomic mass is 16.5. The standard InChI is InChI=1S/C19H23N5O2/c1-2-3-11-26-16(25)9-10-24-14-23-17-18(21-13-22-19(17)24)20-12-15-7-5-4-6-8-15/h4-8,13-14H,2-3,9-12H2,1H3,(H,20,21,22). The second-order valence-electron chi connectivity index (χ2n) is 6.00. The number of esters is 1. The molecule has 0 radical (unpaired) electrons. The number of fused-ring (bicyclic) bond motifs is 1. The molecule has 0 aliphatic carbocycles. The normalized spacial score (nSPS) is 10.8. The van der Waals surface area contributed by atoms with Crippen LogP contribution in [-0.2, 0) is 22.6 Å². The second kappa shape index (κ2) is 8.94. The molecule has 7 heteroatoms. The van der Waals surface area contributed by atoms with Crippen LogP contribution in [0.4, 0.5) is 5.82 Å². The van der Waals surface area contributed by atoms with E-state index in [1.807, 2.05) is 34.9 Å². The van der Waals surface area contributed by atoms with Crippen molar-refractivity contribution in [1.82, 2.24) is 19.5 Å². The molecular weight excluding hydrogens is 330 g/mol. The first kappa shape index (κ1) is 17.8. The fourth-order valence-corrected chi connectivity index (χ4v) is 2.57. The van der Waals surface area contributed by atoms with Gasteiger partial charge >= 0.3 is 5.97 Å². The van der Waals surface area contributed by atoms with Crippen molar-refractivity contribution >= 4 is 23.0 Å². The number of hydrogen-bond donors (Lipinski definition) is 1. The van der Waals surface area contributed by atoms with E-state index in [9.17, 15) is 4.79 Å². The molecule has 136 valence electrons. The Morgan fingerprint density at radius 2 is 2.04 bits per heavy atom. The van der Waals surface area contributed by atoms with E-state index in [-0.39, 0.29) is 5.97 Å². The molecule has 0 atom stereocenters. The Kier molecular flexibility index (Phi) is 6.14. The number of carbonyl (C=O) groups is 1. The van der Waals surface area contributed by atoms with E-state index < -0.39 is 0 Å². The summed E-state index contributed by atoms with van der Waals surface area (Å²) in [6, 6.07) is 10.1. The van der Waals surface area contributed by atoms with Gasteiger partial charge in [-0.05, 0) is 12.0 Å². The molecule has 3 rings (SSSR count). The molecule has 0 amide bonds. The summed E-state index contributed by atoms with van der Waals surface area (Å²) < 4.78 is 7.04. The third-order valence-electron chi connectivity index (χ3n) is 4.02. The molecular formula is C19H23N5O2. The molecule has 26 heavy (non-hydrogen) atoms. The Labute approximate surface area is 152 Å². The van der Waals surface area contributed by atoms with E-state index in [0.717, 1.165) is 18.4 Å². The highest BCUT2D eigenvalue weighted by Crippen LogP contribution is 2.18. The highest BCUT2D eigenvalue weighted by molar-refractivity contribution is 5.82. The maximum atomic E-state index is 11.8. The molecule has 1 N–H and O–H groups in total. The Hall–Kier alpha value is -2.96. The van der Waals surface area contributed by atoms with Crippen LogP contribution in [0, 0.1) is 0 Å². The van der Waals surface area contributed by atoms with Gasteiger partial charge in [-0.15, -0.1) is 0 Å². The largest absolute Gasteiger partial charge is 0.466 e. The third-order valence-corrected chi connectivity index (χ3v) is 4.02. The van der Waals surface area contributed by atoms with Gasteiger partial charge in [0, 0.05) is 13.1 Å². The molecule has 0 fully saturated rings. The van der Waals surface area contributed by atoms with E-state index in [2.05, 4.69) is 27.2 Å². The number of anilines is 1. The smallest absolute Gasteiger partial charge is 0.307 e. The van der Waals surface area contributed by atoms with Crippen molar-refractivity contribution in [3.05, 3.63) is 48.5 Å². The average Bonchev–Trinajstić information content (AvgIpc) is 3.09. The van der Waals surface area contributed by atoms with Gasteiger partial charge in [0.25, 0.3) is 0 Å². The second-order valence-corrected chi connectivity index (χ2v) is 6.00. The van der Waals surface area contributed by atoms with Crippen LogP contribution in [0.2, 0.25) is 0 Å². The van der Waals surface area contributed by atoms with Gasteiger partial charge in [0.05, 0.1) is 19.4 Å². The van der Waals surface area contributed by atoms with Crippen LogP contribution in [0.15, 0.2) is 43.0 Å². The quantitative estimate of drug-likeness (QED) is 0.470. The zero-order valence-electron chi connectivity index (χ0n) is 14.9. The lowest BCUT2D eigenvalue weighted by Crippen LogP contribution is -2.10. The third kappa shape index (κ3) is 4.56. The maximum Gasteiger partial charge on any atom is 0.307 e. The van der Waals surface area contributed by atoms with Crippen molar-refractivity contribution in [2.75, 3.05) is 11.9 Å². The predicted octanol–water partition coefficient (Wildman–Crippen LogP) is 3.17. The number of benzene rings is 1.